The van der Waals surface area contributed by atoms with Crippen molar-refractivity contribution in [3.63, 3.8) is 0 Å². The topological polar surface area (TPSA) is 43.5 Å². The first-order valence-electron chi connectivity index (χ1n) is 10.5. The number of aliphatic hydroxyl groups excluding tert-OH is 2. The molecule has 5 fully saturated rings. The van der Waals surface area contributed by atoms with Crippen molar-refractivity contribution < 1.29 is 14.8 Å². The molecule has 0 aromatic carbocycles. The molecule has 2 N–H and O–H groups in total. The van der Waals surface area contributed by atoms with Crippen LogP contribution in [0.3, 0.4) is 0 Å². The largest absolute Gasteiger partial charge is 0.390 e. The zero-order valence-corrected chi connectivity index (χ0v) is 15.7. The summed E-state index contributed by atoms with van der Waals surface area (Å²) in [5, 5.41) is 20.8. The quantitative estimate of drug-likeness (QED) is 0.597. The minimum Gasteiger partial charge on any atom is -0.390 e. The molecule has 0 unspecified atom stereocenters. The highest BCUT2D eigenvalue weighted by atomic mass is 16.3. The van der Waals surface area contributed by atoms with Gasteiger partial charge in [-0.15, -0.1) is 0 Å². The first kappa shape index (κ1) is 16.5. The van der Waals surface area contributed by atoms with Crippen LogP contribution in [0.4, 0.5) is 0 Å². The van der Waals surface area contributed by atoms with Crippen LogP contribution in [0.15, 0.2) is 12.2 Å². The molecule has 0 aromatic heterocycles. The SMILES string of the molecule is C=C1[C@@H]2CC[C@]3(CC[C@@H]4[C@]5(C)CCC[C@@]4(C=[N+](CCO)C5)[C@H]3C2)[C@H]1O. The summed E-state index contributed by atoms with van der Waals surface area (Å²) in [6.07, 6.45) is 12.4. The summed E-state index contributed by atoms with van der Waals surface area (Å²) in [4.78, 5) is 0. The Balaban J connectivity index is 1.65. The first-order valence-corrected chi connectivity index (χ1v) is 10.5. The fourth-order valence-corrected chi connectivity index (χ4v) is 8.50. The third-order valence-electron chi connectivity index (χ3n) is 9.36. The van der Waals surface area contributed by atoms with E-state index in [1.165, 1.54) is 51.4 Å². The zero-order valence-electron chi connectivity index (χ0n) is 15.7. The maximum atomic E-state index is 11.2. The molecule has 3 nitrogen and oxygen atoms in total. The van der Waals surface area contributed by atoms with Crippen LogP contribution in [0, 0.1) is 34.0 Å². The van der Waals surface area contributed by atoms with Crippen molar-refractivity contribution in [1.82, 2.24) is 0 Å². The molecule has 0 aromatic rings. The van der Waals surface area contributed by atoms with E-state index in [0.717, 1.165) is 24.6 Å². The van der Waals surface area contributed by atoms with Crippen molar-refractivity contribution in [3.8, 4) is 0 Å². The monoisotopic (exact) mass is 344 g/mol. The summed E-state index contributed by atoms with van der Waals surface area (Å²) in [5.74, 6) is 1.91. The highest BCUT2D eigenvalue weighted by Gasteiger charge is 2.70. The van der Waals surface area contributed by atoms with Crippen LogP contribution in [-0.4, -0.2) is 46.8 Å². The van der Waals surface area contributed by atoms with Gasteiger partial charge in [0, 0.05) is 10.8 Å². The van der Waals surface area contributed by atoms with Gasteiger partial charge in [0.05, 0.1) is 11.5 Å². The second-order valence-electron chi connectivity index (χ2n) is 10.3. The summed E-state index contributed by atoms with van der Waals surface area (Å²) >= 11 is 0. The lowest BCUT2D eigenvalue weighted by Gasteiger charge is -2.68. The minimum atomic E-state index is -0.282. The Labute approximate surface area is 151 Å². The van der Waals surface area contributed by atoms with E-state index in [9.17, 15) is 10.2 Å². The smallest absolute Gasteiger partial charge is 0.165 e. The summed E-state index contributed by atoms with van der Waals surface area (Å²) in [6, 6.07) is 0. The van der Waals surface area contributed by atoms with Crippen molar-refractivity contribution in [1.29, 1.82) is 0 Å². The number of β-amino-alcohol motifs (C(OH)–C–C–N with tert-alkyl or cyclic N) is 1. The molecule has 6 rings (SSSR count). The van der Waals surface area contributed by atoms with Gasteiger partial charge in [0.15, 0.2) is 6.54 Å². The van der Waals surface area contributed by atoms with Gasteiger partial charge in [-0.25, -0.2) is 4.58 Å². The molecule has 1 heterocycles. The van der Waals surface area contributed by atoms with Gasteiger partial charge in [-0.3, -0.25) is 0 Å². The van der Waals surface area contributed by atoms with Gasteiger partial charge >= 0.3 is 0 Å². The molecule has 5 saturated carbocycles. The molecule has 7 atom stereocenters. The normalized spacial score (nSPS) is 53.9. The van der Waals surface area contributed by atoms with Gasteiger partial charge in [-0.2, -0.15) is 0 Å². The average Bonchev–Trinajstić information content (AvgIpc) is 2.58. The highest BCUT2D eigenvalue weighted by Crippen LogP contribution is 2.72. The van der Waals surface area contributed by atoms with Crippen molar-refractivity contribution in [2.24, 2.45) is 34.0 Å². The molecule has 0 saturated heterocycles. The molecule has 25 heavy (non-hydrogen) atoms. The number of nitrogens with zero attached hydrogens (tertiary/aromatic N) is 1. The lowest BCUT2D eigenvalue weighted by molar-refractivity contribution is -0.560. The van der Waals surface area contributed by atoms with E-state index < -0.39 is 0 Å². The maximum Gasteiger partial charge on any atom is 0.165 e. The van der Waals surface area contributed by atoms with Gasteiger partial charge in [0.25, 0.3) is 0 Å². The van der Waals surface area contributed by atoms with Crippen LogP contribution < -0.4 is 0 Å². The predicted molar refractivity (Wildman–Crippen MR) is 98.7 cm³/mol. The third-order valence-corrected chi connectivity index (χ3v) is 9.36. The molecule has 5 aliphatic carbocycles. The third kappa shape index (κ3) is 1.92. The Morgan fingerprint density at radius 3 is 2.80 bits per heavy atom. The van der Waals surface area contributed by atoms with Crippen LogP contribution in [0.5, 0.6) is 0 Å². The van der Waals surface area contributed by atoms with E-state index in [4.69, 9.17) is 0 Å². The Morgan fingerprint density at radius 1 is 1.20 bits per heavy atom. The average molecular weight is 345 g/mol. The number of hydrogen-bond acceptors (Lipinski definition) is 2. The van der Waals surface area contributed by atoms with Gasteiger partial charge in [0.1, 0.15) is 19.4 Å². The first-order chi connectivity index (χ1) is 12.0. The Hall–Kier alpha value is -0.670. The van der Waals surface area contributed by atoms with E-state index in [1.54, 1.807) is 0 Å². The van der Waals surface area contributed by atoms with Crippen LogP contribution in [0.25, 0.3) is 0 Å². The molecule has 1 spiro atoms. The van der Waals surface area contributed by atoms with Crippen LogP contribution in [0.1, 0.15) is 58.3 Å². The van der Waals surface area contributed by atoms with Gasteiger partial charge in [0.2, 0.25) is 0 Å². The highest BCUT2D eigenvalue weighted by molar-refractivity contribution is 5.65. The van der Waals surface area contributed by atoms with E-state index >= 15 is 0 Å². The number of hydrogen-bond donors (Lipinski definition) is 2. The minimum absolute atomic E-state index is 0.0826. The summed E-state index contributed by atoms with van der Waals surface area (Å²) in [7, 11) is 0. The van der Waals surface area contributed by atoms with E-state index in [-0.39, 0.29) is 23.5 Å². The second kappa shape index (κ2) is 5.19. The number of rotatable bonds is 2. The molecule has 6 aliphatic rings. The fourth-order valence-electron chi connectivity index (χ4n) is 8.50. The molecule has 1 aliphatic heterocycles. The molecular weight excluding hydrogens is 310 g/mol. The summed E-state index contributed by atoms with van der Waals surface area (Å²) < 4.78 is 2.44. The predicted octanol–water partition coefficient (Wildman–Crippen LogP) is 3.00. The van der Waals surface area contributed by atoms with Crippen LogP contribution in [-0.2, 0) is 0 Å². The Bertz CT molecular complexity index is 642. The van der Waals surface area contributed by atoms with E-state index in [1.807, 2.05) is 0 Å². The van der Waals surface area contributed by atoms with Crippen LogP contribution in [0.2, 0.25) is 0 Å². The maximum absolute atomic E-state index is 11.2. The number of fused-ring (bicyclic) bond motifs is 2. The van der Waals surface area contributed by atoms with E-state index in [2.05, 4.69) is 24.3 Å². The molecule has 4 bridgehead atoms. The van der Waals surface area contributed by atoms with Crippen molar-refractivity contribution in [2.75, 3.05) is 19.7 Å². The van der Waals surface area contributed by atoms with Gasteiger partial charge < -0.3 is 10.2 Å². The van der Waals surface area contributed by atoms with Crippen LogP contribution >= 0.6 is 0 Å². The van der Waals surface area contributed by atoms with Gasteiger partial charge in [-0.05, 0) is 68.3 Å². The lowest BCUT2D eigenvalue weighted by Crippen LogP contribution is -2.68. The second-order valence-corrected chi connectivity index (χ2v) is 10.3. The summed E-state index contributed by atoms with van der Waals surface area (Å²) in [5.41, 5.74) is 1.85. The molecule has 0 radical (unpaired) electrons. The lowest BCUT2D eigenvalue weighted by atomic mass is 9.35. The Kier molecular flexibility index (Phi) is 3.43. The molecule has 0 amide bonds. The zero-order chi connectivity index (χ0) is 17.4. The Morgan fingerprint density at radius 2 is 2.00 bits per heavy atom. The van der Waals surface area contributed by atoms with Gasteiger partial charge in [-0.1, -0.05) is 19.9 Å². The molecular formula is C22H34NO2+. The number of aliphatic hydroxyl groups is 2. The standard InChI is InChI=1S/C22H34NO2/c1-15-16-4-8-21(19(15)25)9-5-17-20(2)6-3-7-22(17,18(21)12-16)14-23(13-20)10-11-24/h14,16-19,24-25H,1,3-13H2,2H3/q+1/t16-,17-,18+,19+,20-,21-,22+/m1/s1. The fraction of sp³-hybridized carbons (Fsp3) is 0.864. The summed E-state index contributed by atoms with van der Waals surface area (Å²) in [6.45, 7) is 8.93. The molecule has 138 valence electrons. The molecule has 3 heteroatoms. The van der Waals surface area contributed by atoms with Crippen molar-refractivity contribution >= 4 is 6.21 Å². The van der Waals surface area contributed by atoms with Crippen molar-refractivity contribution in [3.05, 3.63) is 12.2 Å². The van der Waals surface area contributed by atoms with E-state index in [0.29, 0.717) is 17.3 Å². The van der Waals surface area contributed by atoms with Crippen molar-refractivity contribution in [2.45, 2.75) is 64.4 Å².